The Kier molecular flexibility index (Phi) is 5.22. The first-order chi connectivity index (χ1) is 9.12. The van der Waals surface area contributed by atoms with Crippen LogP contribution in [0.2, 0.25) is 0 Å². The molecule has 20 heavy (non-hydrogen) atoms. The number of carboxylic acids is 1. The van der Waals surface area contributed by atoms with Crippen molar-refractivity contribution in [2.24, 2.45) is 11.3 Å². The Morgan fingerprint density at radius 1 is 1.35 bits per heavy atom. The van der Waals surface area contributed by atoms with Crippen molar-refractivity contribution in [3.63, 3.8) is 0 Å². The maximum atomic E-state index is 12.5. The van der Waals surface area contributed by atoms with E-state index in [-0.39, 0.29) is 17.2 Å². The molecule has 1 aliphatic rings. The molecule has 0 bridgehead atoms. The number of carboxylic acid groups (broad SMARTS) is 1. The summed E-state index contributed by atoms with van der Waals surface area (Å²) in [6.07, 6.45) is 3.28. The SMILES string of the molecule is CCC1(C(=O)O)CCCN1C(=O)CC(C)CC(C)(C)C. The molecule has 2 atom stereocenters. The van der Waals surface area contributed by atoms with Gasteiger partial charge in [-0.05, 0) is 37.0 Å². The molecule has 0 saturated carbocycles. The van der Waals surface area contributed by atoms with Crippen molar-refractivity contribution in [2.45, 2.75) is 72.3 Å². The molecule has 4 nitrogen and oxygen atoms in total. The van der Waals surface area contributed by atoms with E-state index in [0.29, 0.717) is 25.8 Å². The van der Waals surface area contributed by atoms with Gasteiger partial charge < -0.3 is 10.0 Å². The number of hydrogen-bond acceptors (Lipinski definition) is 2. The van der Waals surface area contributed by atoms with Crippen molar-refractivity contribution in [1.29, 1.82) is 0 Å². The second kappa shape index (κ2) is 6.15. The first kappa shape index (κ1) is 17.0. The minimum absolute atomic E-state index is 0.00324. The lowest BCUT2D eigenvalue weighted by Crippen LogP contribution is -2.53. The third kappa shape index (κ3) is 3.74. The van der Waals surface area contributed by atoms with Gasteiger partial charge in [-0.2, -0.15) is 0 Å². The van der Waals surface area contributed by atoms with Crippen LogP contribution in [-0.4, -0.2) is 34.0 Å². The zero-order valence-corrected chi connectivity index (χ0v) is 13.5. The summed E-state index contributed by atoms with van der Waals surface area (Å²) < 4.78 is 0. The normalized spacial score (nSPS) is 24.8. The lowest BCUT2D eigenvalue weighted by Gasteiger charge is -2.35. The number of rotatable bonds is 5. The first-order valence-corrected chi connectivity index (χ1v) is 7.66. The summed E-state index contributed by atoms with van der Waals surface area (Å²) in [4.78, 5) is 25.7. The van der Waals surface area contributed by atoms with Gasteiger partial charge in [-0.25, -0.2) is 4.79 Å². The Morgan fingerprint density at radius 3 is 2.40 bits per heavy atom. The molecule has 0 aliphatic carbocycles. The van der Waals surface area contributed by atoms with Crippen LogP contribution >= 0.6 is 0 Å². The highest BCUT2D eigenvalue weighted by molar-refractivity contribution is 5.87. The van der Waals surface area contributed by atoms with Gasteiger partial charge in [0.15, 0.2) is 0 Å². The van der Waals surface area contributed by atoms with Crippen LogP contribution in [0, 0.1) is 11.3 Å². The molecule has 116 valence electrons. The summed E-state index contributed by atoms with van der Waals surface area (Å²) in [6, 6.07) is 0. The zero-order chi connectivity index (χ0) is 15.6. The van der Waals surface area contributed by atoms with Gasteiger partial charge in [0.1, 0.15) is 5.54 Å². The molecule has 1 fully saturated rings. The highest BCUT2D eigenvalue weighted by atomic mass is 16.4. The van der Waals surface area contributed by atoms with E-state index < -0.39 is 11.5 Å². The van der Waals surface area contributed by atoms with Gasteiger partial charge in [0.2, 0.25) is 5.91 Å². The van der Waals surface area contributed by atoms with E-state index >= 15 is 0 Å². The van der Waals surface area contributed by atoms with Crippen LogP contribution in [0.4, 0.5) is 0 Å². The number of amides is 1. The summed E-state index contributed by atoms with van der Waals surface area (Å²) in [7, 11) is 0. The van der Waals surface area contributed by atoms with Crippen molar-refractivity contribution < 1.29 is 14.7 Å². The van der Waals surface area contributed by atoms with Crippen LogP contribution < -0.4 is 0 Å². The van der Waals surface area contributed by atoms with E-state index in [4.69, 9.17) is 0 Å². The molecule has 0 aromatic rings. The number of nitrogens with zero attached hydrogens (tertiary/aromatic N) is 1. The summed E-state index contributed by atoms with van der Waals surface area (Å²) in [5.74, 6) is -0.565. The molecular formula is C16H29NO3. The van der Waals surface area contributed by atoms with Crippen molar-refractivity contribution in [1.82, 2.24) is 4.90 Å². The van der Waals surface area contributed by atoms with E-state index in [1.807, 2.05) is 6.92 Å². The van der Waals surface area contributed by atoms with Crippen LogP contribution in [0.1, 0.15) is 66.7 Å². The lowest BCUT2D eigenvalue weighted by molar-refractivity contribution is -0.157. The molecule has 1 amide bonds. The maximum absolute atomic E-state index is 12.5. The number of aliphatic carboxylic acids is 1. The highest BCUT2D eigenvalue weighted by Crippen LogP contribution is 2.34. The lowest BCUT2D eigenvalue weighted by atomic mass is 9.83. The topological polar surface area (TPSA) is 57.6 Å². The molecule has 1 heterocycles. The number of carbonyl (C=O) groups excluding carboxylic acids is 1. The minimum Gasteiger partial charge on any atom is -0.479 e. The summed E-state index contributed by atoms with van der Waals surface area (Å²) >= 11 is 0. The Bertz CT molecular complexity index is 372. The predicted molar refractivity (Wildman–Crippen MR) is 79.5 cm³/mol. The van der Waals surface area contributed by atoms with Gasteiger partial charge in [-0.1, -0.05) is 34.6 Å². The smallest absolute Gasteiger partial charge is 0.329 e. The van der Waals surface area contributed by atoms with E-state index in [2.05, 4.69) is 27.7 Å². The Hall–Kier alpha value is -1.06. The summed E-state index contributed by atoms with van der Waals surface area (Å²) in [5.41, 5.74) is -0.766. The molecule has 4 heteroatoms. The van der Waals surface area contributed by atoms with Crippen molar-refractivity contribution in [2.75, 3.05) is 6.54 Å². The van der Waals surface area contributed by atoms with E-state index in [9.17, 15) is 14.7 Å². The molecular weight excluding hydrogens is 254 g/mol. The average Bonchev–Trinajstić information content (AvgIpc) is 2.70. The Balaban J connectivity index is 2.74. The molecule has 0 spiro atoms. The standard InChI is InChI=1S/C16H29NO3/c1-6-16(14(19)20)8-7-9-17(16)13(18)10-12(2)11-15(3,4)5/h12H,6-11H2,1-5H3,(H,19,20). The van der Waals surface area contributed by atoms with E-state index in [1.54, 1.807) is 4.90 Å². The Labute approximate surface area is 122 Å². The maximum Gasteiger partial charge on any atom is 0.329 e. The number of carbonyl (C=O) groups is 2. The van der Waals surface area contributed by atoms with Crippen LogP contribution in [0.3, 0.4) is 0 Å². The summed E-state index contributed by atoms with van der Waals surface area (Å²) in [6.45, 7) is 11.0. The monoisotopic (exact) mass is 283 g/mol. The third-order valence-electron chi connectivity index (χ3n) is 4.26. The fraction of sp³-hybridized carbons (Fsp3) is 0.875. The van der Waals surface area contributed by atoms with Crippen molar-refractivity contribution in [3.05, 3.63) is 0 Å². The van der Waals surface area contributed by atoms with Crippen molar-refractivity contribution >= 4 is 11.9 Å². The summed E-state index contributed by atoms with van der Waals surface area (Å²) in [5, 5.41) is 9.51. The fourth-order valence-corrected chi connectivity index (χ4v) is 3.51. The van der Waals surface area contributed by atoms with Gasteiger partial charge in [0.05, 0.1) is 0 Å². The van der Waals surface area contributed by atoms with E-state index in [1.165, 1.54) is 0 Å². The van der Waals surface area contributed by atoms with Crippen LogP contribution in [0.5, 0.6) is 0 Å². The predicted octanol–water partition coefficient (Wildman–Crippen LogP) is 3.30. The second-order valence-electron chi connectivity index (χ2n) is 7.41. The largest absolute Gasteiger partial charge is 0.479 e. The second-order valence-corrected chi connectivity index (χ2v) is 7.41. The van der Waals surface area contributed by atoms with Gasteiger partial charge in [-0.3, -0.25) is 4.79 Å². The van der Waals surface area contributed by atoms with Gasteiger partial charge in [0, 0.05) is 13.0 Å². The van der Waals surface area contributed by atoms with Crippen LogP contribution in [0.25, 0.3) is 0 Å². The Morgan fingerprint density at radius 2 is 1.95 bits per heavy atom. The number of hydrogen-bond donors (Lipinski definition) is 1. The quantitative estimate of drug-likeness (QED) is 0.842. The highest BCUT2D eigenvalue weighted by Gasteiger charge is 2.48. The van der Waals surface area contributed by atoms with E-state index in [0.717, 1.165) is 12.8 Å². The molecule has 0 radical (unpaired) electrons. The first-order valence-electron chi connectivity index (χ1n) is 7.66. The molecule has 2 unspecified atom stereocenters. The van der Waals surface area contributed by atoms with Gasteiger partial charge >= 0.3 is 5.97 Å². The van der Waals surface area contributed by atoms with Gasteiger partial charge in [0.25, 0.3) is 0 Å². The number of likely N-dealkylation sites (tertiary alicyclic amines) is 1. The molecule has 1 saturated heterocycles. The third-order valence-corrected chi connectivity index (χ3v) is 4.26. The molecule has 0 aromatic heterocycles. The molecule has 1 rings (SSSR count). The van der Waals surface area contributed by atoms with Crippen LogP contribution in [0.15, 0.2) is 0 Å². The van der Waals surface area contributed by atoms with Gasteiger partial charge in [-0.15, -0.1) is 0 Å². The zero-order valence-electron chi connectivity index (χ0n) is 13.5. The molecule has 1 N–H and O–H groups in total. The van der Waals surface area contributed by atoms with Crippen molar-refractivity contribution in [3.8, 4) is 0 Å². The van der Waals surface area contributed by atoms with Crippen LogP contribution in [-0.2, 0) is 9.59 Å². The molecule has 0 aromatic carbocycles. The molecule has 1 aliphatic heterocycles. The average molecular weight is 283 g/mol. The minimum atomic E-state index is -0.960. The fourth-order valence-electron chi connectivity index (χ4n) is 3.51.